The molecule has 0 saturated heterocycles. The number of nitrogens with one attached hydrogen (secondary N) is 1. The molecule has 0 saturated carbocycles. The highest BCUT2D eigenvalue weighted by Crippen LogP contribution is 2.14. The van der Waals surface area contributed by atoms with E-state index in [1.807, 2.05) is 0 Å². The van der Waals surface area contributed by atoms with Crippen molar-refractivity contribution in [1.82, 2.24) is 30.0 Å². The van der Waals surface area contributed by atoms with Gasteiger partial charge in [0, 0.05) is 0 Å². The first-order valence-corrected chi connectivity index (χ1v) is 7.12. The summed E-state index contributed by atoms with van der Waals surface area (Å²) in [6.07, 6.45) is 3.10. The average molecular weight is 334 g/mol. The predicted octanol–water partition coefficient (Wildman–Crippen LogP) is 1.34. The summed E-state index contributed by atoms with van der Waals surface area (Å²) in [4.78, 5) is 34.5. The minimum Gasteiger partial charge on any atom is -0.476 e. The Morgan fingerprint density at radius 2 is 1.96 bits per heavy atom. The number of nitrogens with zero attached hydrogens (tertiary/aromatic N) is 5. The number of alkyl carbamates (subject to hydrolysis) is 1. The number of carbonyl (C=O) groups is 2. The predicted molar refractivity (Wildman–Crippen MR) is 81.7 cm³/mol. The Balaban J connectivity index is 2.17. The zero-order valence-electron chi connectivity index (χ0n) is 13.7. The molecule has 128 valence electrons. The number of ether oxygens (including phenoxy) is 1. The third-order valence-electron chi connectivity index (χ3n) is 2.77. The SMILES string of the molecule is C[C@H](NC(=O)OC(C)(C)C)c1ncnn1-c1cnc(C(=O)O)cn1. The van der Waals surface area contributed by atoms with Crippen LogP contribution in [0.5, 0.6) is 0 Å². The molecule has 0 unspecified atom stereocenters. The van der Waals surface area contributed by atoms with Crippen LogP contribution in [0, 0.1) is 0 Å². The molecule has 2 rings (SSSR count). The summed E-state index contributed by atoms with van der Waals surface area (Å²) < 4.78 is 6.56. The summed E-state index contributed by atoms with van der Waals surface area (Å²) in [5.41, 5.74) is -0.796. The number of rotatable bonds is 4. The largest absolute Gasteiger partial charge is 0.476 e. The molecular formula is C14H18N6O4. The maximum atomic E-state index is 11.8. The summed E-state index contributed by atoms with van der Waals surface area (Å²) in [5.74, 6) is -0.489. The number of amides is 1. The van der Waals surface area contributed by atoms with Gasteiger partial charge in [-0.2, -0.15) is 9.78 Å². The fraction of sp³-hybridized carbons (Fsp3) is 0.429. The van der Waals surface area contributed by atoms with Gasteiger partial charge in [-0.25, -0.2) is 24.5 Å². The van der Waals surface area contributed by atoms with Crippen molar-refractivity contribution in [2.45, 2.75) is 39.3 Å². The number of aromatic carboxylic acids is 1. The number of carbonyl (C=O) groups excluding carboxylic acids is 1. The van der Waals surface area contributed by atoms with Crippen LogP contribution in [0.25, 0.3) is 5.82 Å². The highest BCUT2D eigenvalue weighted by molar-refractivity contribution is 5.84. The second-order valence-corrected chi connectivity index (χ2v) is 5.96. The average Bonchev–Trinajstić information content (AvgIpc) is 2.94. The van der Waals surface area contributed by atoms with Crippen molar-refractivity contribution < 1.29 is 19.4 Å². The third-order valence-corrected chi connectivity index (χ3v) is 2.77. The lowest BCUT2D eigenvalue weighted by molar-refractivity contribution is 0.0504. The first kappa shape index (κ1) is 17.3. The smallest absolute Gasteiger partial charge is 0.408 e. The normalized spacial score (nSPS) is 12.5. The fourth-order valence-electron chi connectivity index (χ4n) is 1.81. The van der Waals surface area contributed by atoms with Crippen molar-refractivity contribution in [2.24, 2.45) is 0 Å². The molecule has 24 heavy (non-hydrogen) atoms. The van der Waals surface area contributed by atoms with Gasteiger partial charge in [-0.1, -0.05) is 0 Å². The molecule has 0 aromatic carbocycles. The van der Waals surface area contributed by atoms with Gasteiger partial charge in [0.1, 0.15) is 11.9 Å². The Labute approximate surface area is 137 Å². The molecule has 2 aromatic heterocycles. The molecule has 1 atom stereocenters. The highest BCUT2D eigenvalue weighted by atomic mass is 16.6. The zero-order chi connectivity index (χ0) is 17.9. The van der Waals surface area contributed by atoms with Gasteiger partial charge < -0.3 is 15.2 Å². The topological polar surface area (TPSA) is 132 Å². The Bertz CT molecular complexity index is 734. The van der Waals surface area contributed by atoms with Crippen LogP contribution in [0.2, 0.25) is 0 Å². The van der Waals surface area contributed by atoms with Gasteiger partial charge in [-0.3, -0.25) is 0 Å². The van der Waals surface area contributed by atoms with Crippen molar-refractivity contribution in [3.63, 3.8) is 0 Å². The number of aromatic nitrogens is 5. The molecule has 0 aliphatic rings. The standard InChI is InChI=1S/C14H18N6O4/c1-8(19-13(23)24-14(2,3)4)11-17-7-18-20(11)10-6-15-9(5-16-10)12(21)22/h5-8H,1-4H3,(H,19,23)(H,21,22)/t8-/m0/s1. The molecule has 0 bridgehead atoms. The monoisotopic (exact) mass is 334 g/mol. The summed E-state index contributed by atoms with van der Waals surface area (Å²) in [7, 11) is 0. The summed E-state index contributed by atoms with van der Waals surface area (Å²) in [5, 5.41) is 15.5. The number of hydrogen-bond acceptors (Lipinski definition) is 7. The number of carboxylic acid groups (broad SMARTS) is 1. The van der Waals surface area contributed by atoms with Crippen LogP contribution >= 0.6 is 0 Å². The van der Waals surface area contributed by atoms with E-state index in [0.717, 1.165) is 6.20 Å². The van der Waals surface area contributed by atoms with Gasteiger partial charge in [-0.15, -0.1) is 0 Å². The van der Waals surface area contributed by atoms with Gasteiger partial charge in [0.2, 0.25) is 0 Å². The molecule has 10 nitrogen and oxygen atoms in total. The third kappa shape index (κ3) is 4.24. The Kier molecular flexibility index (Phi) is 4.77. The molecule has 1 amide bonds. The zero-order valence-corrected chi connectivity index (χ0v) is 13.7. The van der Waals surface area contributed by atoms with Crippen molar-refractivity contribution >= 4 is 12.1 Å². The molecule has 2 aromatic rings. The van der Waals surface area contributed by atoms with Gasteiger partial charge in [0.15, 0.2) is 17.3 Å². The molecule has 10 heteroatoms. The van der Waals surface area contributed by atoms with E-state index < -0.39 is 23.7 Å². The maximum absolute atomic E-state index is 11.8. The first-order chi connectivity index (χ1) is 11.2. The minimum atomic E-state index is -1.17. The van der Waals surface area contributed by atoms with Crippen LogP contribution < -0.4 is 5.32 Å². The van der Waals surface area contributed by atoms with Crippen molar-refractivity contribution in [1.29, 1.82) is 0 Å². The van der Waals surface area contributed by atoms with Gasteiger partial charge in [0.25, 0.3) is 0 Å². The molecule has 2 heterocycles. The van der Waals surface area contributed by atoms with E-state index in [0.29, 0.717) is 5.82 Å². The van der Waals surface area contributed by atoms with E-state index in [-0.39, 0.29) is 11.5 Å². The summed E-state index contributed by atoms with van der Waals surface area (Å²) in [6.45, 7) is 7.00. The second kappa shape index (κ2) is 6.60. The number of carboxylic acids is 1. The summed E-state index contributed by atoms with van der Waals surface area (Å²) in [6, 6.07) is -0.511. The first-order valence-electron chi connectivity index (χ1n) is 7.12. The quantitative estimate of drug-likeness (QED) is 0.856. The lowest BCUT2D eigenvalue weighted by Crippen LogP contribution is -2.35. The van der Waals surface area contributed by atoms with E-state index >= 15 is 0 Å². The Morgan fingerprint density at radius 3 is 2.50 bits per heavy atom. The van der Waals surface area contributed by atoms with Crippen molar-refractivity contribution in [3.8, 4) is 5.82 Å². The van der Waals surface area contributed by atoms with E-state index in [1.165, 1.54) is 17.2 Å². The number of hydrogen-bond donors (Lipinski definition) is 2. The van der Waals surface area contributed by atoms with Crippen LogP contribution in [0.4, 0.5) is 4.79 Å². The lowest BCUT2D eigenvalue weighted by atomic mass is 10.2. The lowest BCUT2D eigenvalue weighted by Gasteiger charge is -2.21. The van der Waals surface area contributed by atoms with Crippen LogP contribution in [-0.4, -0.2) is 47.5 Å². The van der Waals surface area contributed by atoms with Crippen molar-refractivity contribution in [2.75, 3.05) is 0 Å². The van der Waals surface area contributed by atoms with Crippen LogP contribution in [0.15, 0.2) is 18.7 Å². The van der Waals surface area contributed by atoms with Crippen LogP contribution in [-0.2, 0) is 4.74 Å². The van der Waals surface area contributed by atoms with Gasteiger partial charge in [0.05, 0.1) is 18.4 Å². The van der Waals surface area contributed by atoms with E-state index in [4.69, 9.17) is 9.84 Å². The van der Waals surface area contributed by atoms with E-state index in [2.05, 4.69) is 25.4 Å². The molecule has 0 aliphatic heterocycles. The summed E-state index contributed by atoms with van der Waals surface area (Å²) >= 11 is 0. The minimum absolute atomic E-state index is 0.180. The molecule has 0 radical (unpaired) electrons. The van der Waals surface area contributed by atoms with E-state index in [1.54, 1.807) is 27.7 Å². The van der Waals surface area contributed by atoms with Crippen molar-refractivity contribution in [3.05, 3.63) is 30.2 Å². The second-order valence-electron chi connectivity index (χ2n) is 5.96. The molecule has 0 spiro atoms. The molecular weight excluding hydrogens is 316 g/mol. The van der Waals surface area contributed by atoms with Crippen LogP contribution in [0.3, 0.4) is 0 Å². The van der Waals surface area contributed by atoms with Gasteiger partial charge in [-0.05, 0) is 27.7 Å². The van der Waals surface area contributed by atoms with Gasteiger partial charge >= 0.3 is 12.1 Å². The Hall–Kier alpha value is -3.04. The molecule has 0 fully saturated rings. The maximum Gasteiger partial charge on any atom is 0.408 e. The molecule has 2 N–H and O–H groups in total. The Morgan fingerprint density at radius 1 is 1.25 bits per heavy atom. The van der Waals surface area contributed by atoms with Crippen LogP contribution in [0.1, 0.15) is 50.0 Å². The molecule has 0 aliphatic carbocycles. The highest BCUT2D eigenvalue weighted by Gasteiger charge is 2.21. The van der Waals surface area contributed by atoms with E-state index in [9.17, 15) is 9.59 Å². The fourth-order valence-corrected chi connectivity index (χ4v) is 1.81.